The molecule has 27 heavy (non-hydrogen) atoms. The lowest BCUT2D eigenvalue weighted by molar-refractivity contribution is -0.131. The van der Waals surface area contributed by atoms with Gasteiger partial charge in [-0.2, -0.15) is 0 Å². The summed E-state index contributed by atoms with van der Waals surface area (Å²) in [5.41, 5.74) is 2.70. The molecule has 2 aliphatic rings. The third-order valence-electron chi connectivity index (χ3n) is 5.73. The predicted molar refractivity (Wildman–Crippen MR) is 104 cm³/mol. The first-order valence-electron chi connectivity index (χ1n) is 10.2. The van der Waals surface area contributed by atoms with Crippen LogP contribution in [0, 0.1) is 11.8 Å². The molecule has 4 nitrogen and oxygen atoms in total. The van der Waals surface area contributed by atoms with Crippen LogP contribution in [0.3, 0.4) is 0 Å². The van der Waals surface area contributed by atoms with Crippen LogP contribution in [0.5, 0.6) is 5.75 Å². The van der Waals surface area contributed by atoms with E-state index in [0.29, 0.717) is 24.5 Å². The van der Waals surface area contributed by atoms with Gasteiger partial charge in [0.15, 0.2) is 12.5 Å². The van der Waals surface area contributed by atoms with Crippen molar-refractivity contribution in [3.63, 3.8) is 0 Å². The monoisotopic (exact) mass is 376 g/mol. The summed E-state index contributed by atoms with van der Waals surface area (Å²) >= 11 is 0. The molecule has 0 spiro atoms. The van der Waals surface area contributed by atoms with Crippen LogP contribution >= 0.6 is 0 Å². The van der Waals surface area contributed by atoms with E-state index < -0.39 is 12.5 Å². The normalized spacial score (nSPS) is 25.1. The molecule has 0 N–H and O–H groups in total. The lowest BCUT2D eigenvalue weighted by atomic mass is 9.79. The van der Waals surface area contributed by atoms with Crippen molar-refractivity contribution >= 4 is 5.78 Å². The number of rotatable bonds is 8. The summed E-state index contributed by atoms with van der Waals surface area (Å²) in [5, 5.41) is 0. The van der Waals surface area contributed by atoms with E-state index in [1.54, 1.807) is 0 Å². The van der Waals surface area contributed by atoms with Crippen LogP contribution in [0.4, 0.5) is 4.39 Å². The standard InChI is InChI=1S/C22H32FNO3/c1-4-26-19-5-6-20-16(10-19)7-8-24-13-17(9-15(2)3)22(11-21(20)24)27-14-18(25)12-23/h5-6,10,15,17,21-22H,4,7-9,11-14H2,1-3H3/t17-,21-,22+/m0/s1/i23-1. The Balaban J connectivity index is 1.78. The molecule has 2 aliphatic heterocycles. The maximum atomic E-state index is 12.6. The van der Waals surface area contributed by atoms with Gasteiger partial charge in [-0.15, -0.1) is 0 Å². The number of carbonyl (C=O) groups is 1. The number of hydrogen-bond donors (Lipinski definition) is 0. The molecule has 5 heteroatoms. The van der Waals surface area contributed by atoms with Gasteiger partial charge in [0.25, 0.3) is 0 Å². The molecule has 3 rings (SSSR count). The van der Waals surface area contributed by atoms with Crippen molar-refractivity contribution < 1.29 is 18.7 Å². The van der Waals surface area contributed by atoms with Gasteiger partial charge in [0.1, 0.15) is 12.4 Å². The fourth-order valence-electron chi connectivity index (χ4n) is 4.60. The molecule has 1 aromatic carbocycles. The van der Waals surface area contributed by atoms with Gasteiger partial charge < -0.3 is 9.47 Å². The summed E-state index contributed by atoms with van der Waals surface area (Å²) in [6.45, 7) is 8.07. The number of fused-ring (bicyclic) bond motifs is 3. The van der Waals surface area contributed by atoms with Crippen molar-refractivity contribution in [3.05, 3.63) is 29.3 Å². The van der Waals surface area contributed by atoms with Crippen molar-refractivity contribution in [3.8, 4) is 5.75 Å². The Labute approximate surface area is 162 Å². The van der Waals surface area contributed by atoms with Crippen molar-refractivity contribution in [2.45, 2.75) is 52.2 Å². The number of piperidine rings is 1. The summed E-state index contributed by atoms with van der Waals surface area (Å²) in [7, 11) is 0. The Morgan fingerprint density at radius 1 is 1.37 bits per heavy atom. The molecule has 0 aromatic heterocycles. The van der Waals surface area contributed by atoms with Gasteiger partial charge in [-0.3, -0.25) is 9.69 Å². The molecule has 0 aliphatic carbocycles. The van der Waals surface area contributed by atoms with Crippen LogP contribution in [-0.4, -0.2) is 49.8 Å². The lowest BCUT2D eigenvalue weighted by Gasteiger charge is -2.47. The lowest BCUT2D eigenvalue weighted by Crippen LogP contribution is -2.49. The number of ether oxygens (including phenoxy) is 2. The minimum absolute atomic E-state index is 0.00154. The summed E-state index contributed by atoms with van der Waals surface area (Å²) in [6, 6.07) is 6.70. The third-order valence-corrected chi connectivity index (χ3v) is 5.73. The number of ketones is 1. The number of alkyl halides is 1. The minimum atomic E-state index is -0.944. The summed E-state index contributed by atoms with van der Waals surface area (Å²) < 4.78 is 24.2. The number of hydrogen-bond acceptors (Lipinski definition) is 4. The van der Waals surface area contributed by atoms with Gasteiger partial charge >= 0.3 is 0 Å². The van der Waals surface area contributed by atoms with Gasteiger partial charge in [0.2, 0.25) is 0 Å². The quantitative estimate of drug-likeness (QED) is 0.688. The largest absolute Gasteiger partial charge is 0.494 e. The topological polar surface area (TPSA) is 38.8 Å². The molecule has 0 bridgehead atoms. The first-order valence-corrected chi connectivity index (χ1v) is 10.2. The number of benzene rings is 1. The third kappa shape index (κ3) is 4.88. The summed E-state index contributed by atoms with van der Waals surface area (Å²) in [4.78, 5) is 14.0. The molecule has 150 valence electrons. The van der Waals surface area contributed by atoms with E-state index in [-0.39, 0.29) is 12.7 Å². The molecule has 0 saturated carbocycles. The van der Waals surface area contributed by atoms with E-state index >= 15 is 0 Å². The summed E-state index contributed by atoms with van der Waals surface area (Å²) in [5.74, 6) is 1.42. The zero-order valence-corrected chi connectivity index (χ0v) is 16.7. The first kappa shape index (κ1) is 20.3. The molecule has 2 heterocycles. The number of carbonyl (C=O) groups excluding carboxylic acids is 1. The molecule has 1 aromatic rings. The molecule has 1 saturated heterocycles. The highest BCUT2D eigenvalue weighted by molar-refractivity contribution is 5.80. The molecule has 3 atom stereocenters. The van der Waals surface area contributed by atoms with Crippen LogP contribution in [0.25, 0.3) is 0 Å². The van der Waals surface area contributed by atoms with Crippen LogP contribution in [-0.2, 0) is 16.0 Å². The van der Waals surface area contributed by atoms with E-state index in [2.05, 4.69) is 36.9 Å². The Bertz CT molecular complexity index is 648. The molecule has 0 amide bonds. The average molecular weight is 377 g/mol. The molecule has 0 radical (unpaired) electrons. The number of nitrogens with zero attached hydrogens (tertiary/aromatic N) is 1. The highest BCUT2D eigenvalue weighted by atomic mass is 18.2. The second kappa shape index (κ2) is 9.16. The molecular formula is C22H32FNO3. The van der Waals surface area contributed by atoms with E-state index in [9.17, 15) is 9.18 Å². The SMILES string of the molecule is CCOc1ccc2c(c1)CCN1C[C@H](CC(C)C)[C@H](OCC(=O)C[18F])C[C@@H]21. The van der Waals surface area contributed by atoms with Gasteiger partial charge in [-0.05, 0) is 61.3 Å². The molecule has 0 unspecified atom stereocenters. The molecule has 1 fully saturated rings. The van der Waals surface area contributed by atoms with Crippen LogP contribution < -0.4 is 4.74 Å². The zero-order chi connectivity index (χ0) is 19.4. The summed E-state index contributed by atoms with van der Waals surface area (Å²) in [6.07, 6.45) is 2.96. The van der Waals surface area contributed by atoms with Crippen molar-refractivity contribution in [2.75, 3.05) is 33.0 Å². The van der Waals surface area contributed by atoms with Crippen LogP contribution in [0.1, 0.15) is 50.8 Å². The van der Waals surface area contributed by atoms with Crippen molar-refractivity contribution in [2.24, 2.45) is 11.8 Å². The van der Waals surface area contributed by atoms with E-state index in [1.165, 1.54) is 11.1 Å². The second-order valence-corrected chi connectivity index (χ2v) is 8.20. The van der Waals surface area contributed by atoms with Gasteiger partial charge in [0, 0.05) is 19.1 Å². The number of Topliss-reactive ketones (excluding diaryl/α,β-unsaturated/α-hetero) is 1. The predicted octanol–water partition coefficient (Wildman–Crippen LogP) is 3.97. The smallest absolute Gasteiger partial charge is 0.189 e. The Morgan fingerprint density at radius 2 is 2.19 bits per heavy atom. The minimum Gasteiger partial charge on any atom is -0.494 e. The van der Waals surface area contributed by atoms with Crippen LogP contribution in [0.2, 0.25) is 0 Å². The fraction of sp³-hybridized carbons (Fsp3) is 0.682. The van der Waals surface area contributed by atoms with Crippen molar-refractivity contribution in [1.82, 2.24) is 4.90 Å². The fourth-order valence-corrected chi connectivity index (χ4v) is 4.60. The van der Waals surface area contributed by atoms with E-state index in [4.69, 9.17) is 9.47 Å². The highest BCUT2D eigenvalue weighted by Crippen LogP contribution is 2.41. The Hall–Kier alpha value is -1.46. The Morgan fingerprint density at radius 3 is 2.89 bits per heavy atom. The van der Waals surface area contributed by atoms with Crippen molar-refractivity contribution in [1.29, 1.82) is 0 Å². The zero-order valence-electron chi connectivity index (χ0n) is 16.7. The van der Waals surface area contributed by atoms with Gasteiger partial charge in [0.05, 0.1) is 12.7 Å². The first-order chi connectivity index (χ1) is 13.0. The highest BCUT2D eigenvalue weighted by Gasteiger charge is 2.39. The number of halogens is 1. The van der Waals surface area contributed by atoms with E-state index in [1.807, 2.05) is 6.92 Å². The average Bonchev–Trinajstić information content (AvgIpc) is 2.65. The van der Waals surface area contributed by atoms with Gasteiger partial charge in [-0.1, -0.05) is 19.9 Å². The maximum absolute atomic E-state index is 12.6. The van der Waals surface area contributed by atoms with E-state index in [0.717, 1.165) is 38.1 Å². The molecular weight excluding hydrogens is 344 g/mol. The second-order valence-electron chi connectivity index (χ2n) is 8.20. The van der Waals surface area contributed by atoms with Gasteiger partial charge in [-0.25, -0.2) is 4.39 Å². The van der Waals surface area contributed by atoms with Crippen LogP contribution in [0.15, 0.2) is 18.2 Å². The maximum Gasteiger partial charge on any atom is 0.189 e. The Kier molecular flexibility index (Phi) is 6.88.